The molecule has 0 aliphatic carbocycles. The van der Waals surface area contributed by atoms with E-state index >= 15 is 0 Å². The number of nitrogens with one attached hydrogen (secondary N) is 2. The van der Waals surface area contributed by atoms with Crippen LogP contribution in [0, 0.1) is 0 Å². The van der Waals surface area contributed by atoms with Crippen LogP contribution >= 0.6 is 0 Å². The average molecular weight is 296 g/mol. The first-order chi connectivity index (χ1) is 10.0. The fourth-order valence-corrected chi connectivity index (χ4v) is 1.39. The molecule has 0 radical (unpaired) electrons. The van der Waals surface area contributed by atoms with Gasteiger partial charge in [0.25, 0.3) is 5.91 Å². The topological polar surface area (TPSA) is 114 Å². The normalized spacial score (nSPS) is 9.76. The van der Waals surface area contributed by atoms with Gasteiger partial charge in [0, 0.05) is 13.7 Å². The summed E-state index contributed by atoms with van der Waals surface area (Å²) in [4.78, 5) is 33.7. The number of benzene rings is 1. The van der Waals surface area contributed by atoms with Crippen molar-refractivity contribution in [2.75, 3.05) is 26.9 Å². The minimum absolute atomic E-state index is 0.0555. The van der Waals surface area contributed by atoms with Crippen molar-refractivity contribution in [3.63, 3.8) is 0 Å². The minimum Gasteiger partial charge on any atom is -0.483 e. The molecule has 3 N–H and O–H groups in total. The molecule has 21 heavy (non-hydrogen) atoms. The Labute approximate surface area is 121 Å². The number of hydrogen-bond donors (Lipinski definition) is 3. The minimum atomic E-state index is -1.16. The number of methoxy groups -OCH3 is 1. The number of para-hydroxylation sites is 1. The summed E-state index contributed by atoms with van der Waals surface area (Å²) >= 11 is 0. The SMILES string of the molecule is COCCNC(=O)NC(=O)COc1ccccc1C(=O)O. The Morgan fingerprint density at radius 2 is 1.95 bits per heavy atom. The summed E-state index contributed by atoms with van der Waals surface area (Å²) < 4.78 is 9.82. The van der Waals surface area contributed by atoms with Crippen LogP contribution in [0.1, 0.15) is 10.4 Å². The van der Waals surface area contributed by atoms with E-state index < -0.39 is 24.5 Å². The molecule has 3 amide bonds. The van der Waals surface area contributed by atoms with Crippen molar-refractivity contribution in [1.82, 2.24) is 10.6 Å². The Morgan fingerprint density at radius 1 is 1.24 bits per heavy atom. The van der Waals surface area contributed by atoms with Crippen molar-refractivity contribution >= 4 is 17.9 Å². The number of ether oxygens (including phenoxy) is 2. The van der Waals surface area contributed by atoms with Gasteiger partial charge < -0.3 is 19.9 Å². The second-order valence-corrected chi connectivity index (χ2v) is 3.89. The lowest BCUT2D eigenvalue weighted by Crippen LogP contribution is -2.42. The van der Waals surface area contributed by atoms with Gasteiger partial charge in [-0.2, -0.15) is 0 Å². The van der Waals surface area contributed by atoms with Gasteiger partial charge in [0.2, 0.25) is 0 Å². The van der Waals surface area contributed by atoms with E-state index in [9.17, 15) is 14.4 Å². The quantitative estimate of drug-likeness (QED) is 0.621. The van der Waals surface area contributed by atoms with Gasteiger partial charge in [0.15, 0.2) is 6.61 Å². The number of imide groups is 1. The molecule has 0 aliphatic rings. The molecule has 0 saturated carbocycles. The second kappa shape index (κ2) is 8.54. The number of urea groups is 1. The van der Waals surface area contributed by atoms with Crippen LogP contribution in [0.2, 0.25) is 0 Å². The molecule has 0 atom stereocenters. The summed E-state index contributed by atoms with van der Waals surface area (Å²) in [6, 6.07) is 5.23. The molecule has 114 valence electrons. The highest BCUT2D eigenvalue weighted by molar-refractivity contribution is 5.95. The van der Waals surface area contributed by atoms with Crippen LogP contribution in [0.5, 0.6) is 5.75 Å². The van der Waals surface area contributed by atoms with E-state index in [1.54, 1.807) is 12.1 Å². The van der Waals surface area contributed by atoms with Gasteiger partial charge in [-0.3, -0.25) is 10.1 Å². The van der Waals surface area contributed by atoms with Gasteiger partial charge in [-0.05, 0) is 12.1 Å². The Bertz CT molecular complexity index is 517. The first-order valence-electron chi connectivity index (χ1n) is 6.06. The van der Waals surface area contributed by atoms with E-state index in [4.69, 9.17) is 14.6 Å². The Balaban J connectivity index is 2.43. The molecule has 0 aromatic heterocycles. The number of hydrogen-bond acceptors (Lipinski definition) is 5. The standard InChI is InChI=1S/C13H16N2O6/c1-20-7-6-14-13(19)15-11(16)8-21-10-5-3-2-4-9(10)12(17)18/h2-5H,6-8H2,1H3,(H,17,18)(H2,14,15,16,19). The number of rotatable bonds is 7. The van der Waals surface area contributed by atoms with Crippen molar-refractivity contribution in [2.24, 2.45) is 0 Å². The van der Waals surface area contributed by atoms with E-state index in [1.807, 2.05) is 5.32 Å². The molecule has 0 fully saturated rings. The third-order valence-corrected chi connectivity index (χ3v) is 2.32. The maximum Gasteiger partial charge on any atom is 0.339 e. The van der Waals surface area contributed by atoms with Gasteiger partial charge in [-0.25, -0.2) is 9.59 Å². The zero-order valence-corrected chi connectivity index (χ0v) is 11.4. The van der Waals surface area contributed by atoms with Gasteiger partial charge >= 0.3 is 12.0 Å². The van der Waals surface area contributed by atoms with E-state index in [-0.39, 0.29) is 17.9 Å². The molecule has 0 heterocycles. The molecule has 0 bridgehead atoms. The smallest absolute Gasteiger partial charge is 0.339 e. The third-order valence-electron chi connectivity index (χ3n) is 2.32. The molecule has 1 rings (SSSR count). The summed E-state index contributed by atoms with van der Waals surface area (Å²) in [5.41, 5.74) is -0.0603. The highest BCUT2D eigenvalue weighted by atomic mass is 16.5. The molecule has 1 aromatic rings. The first-order valence-corrected chi connectivity index (χ1v) is 6.06. The van der Waals surface area contributed by atoms with Crippen molar-refractivity contribution in [1.29, 1.82) is 0 Å². The molecular formula is C13H16N2O6. The van der Waals surface area contributed by atoms with Gasteiger partial charge in [0.05, 0.1) is 6.61 Å². The third kappa shape index (κ3) is 5.91. The molecule has 0 aliphatic heterocycles. The number of amides is 3. The number of carboxylic acids is 1. The zero-order valence-electron chi connectivity index (χ0n) is 11.4. The number of carboxylic acid groups (broad SMARTS) is 1. The largest absolute Gasteiger partial charge is 0.483 e. The first kappa shape index (κ1) is 16.4. The fraction of sp³-hybridized carbons (Fsp3) is 0.308. The summed E-state index contributed by atoms with van der Waals surface area (Å²) in [7, 11) is 1.48. The van der Waals surface area contributed by atoms with Gasteiger partial charge in [-0.1, -0.05) is 12.1 Å². The molecular weight excluding hydrogens is 280 g/mol. The van der Waals surface area contributed by atoms with Crippen molar-refractivity contribution in [3.8, 4) is 5.75 Å². The highest BCUT2D eigenvalue weighted by Gasteiger charge is 2.13. The van der Waals surface area contributed by atoms with E-state index in [1.165, 1.54) is 19.2 Å². The molecule has 0 saturated heterocycles. The van der Waals surface area contributed by atoms with Crippen LogP contribution in [0.25, 0.3) is 0 Å². The Morgan fingerprint density at radius 3 is 2.62 bits per heavy atom. The van der Waals surface area contributed by atoms with Crippen LogP contribution in [-0.4, -0.2) is 49.9 Å². The van der Waals surface area contributed by atoms with E-state index in [0.29, 0.717) is 6.61 Å². The molecule has 8 nitrogen and oxygen atoms in total. The summed E-state index contributed by atoms with van der Waals surface area (Å²) in [6.07, 6.45) is 0. The Hall–Kier alpha value is -2.61. The Kier molecular flexibility index (Phi) is 6.69. The molecule has 0 unspecified atom stereocenters. The predicted octanol–water partition coefficient (Wildman–Crippen LogP) is 0.236. The van der Waals surface area contributed by atoms with Crippen molar-refractivity contribution in [3.05, 3.63) is 29.8 Å². The molecule has 8 heteroatoms. The summed E-state index contributed by atoms with van der Waals surface area (Å²) in [5.74, 6) is -1.80. The van der Waals surface area contributed by atoms with Crippen molar-refractivity contribution in [2.45, 2.75) is 0 Å². The average Bonchev–Trinajstić information content (AvgIpc) is 2.45. The van der Waals surface area contributed by atoms with Crippen molar-refractivity contribution < 1.29 is 29.0 Å². The lowest BCUT2D eigenvalue weighted by atomic mass is 10.2. The van der Waals surface area contributed by atoms with E-state index in [2.05, 4.69) is 5.32 Å². The van der Waals surface area contributed by atoms with Crippen LogP contribution < -0.4 is 15.4 Å². The zero-order chi connectivity index (χ0) is 15.7. The number of aromatic carboxylic acids is 1. The number of carbonyl (C=O) groups is 3. The number of carbonyl (C=O) groups excluding carboxylic acids is 2. The van der Waals surface area contributed by atoms with Crippen LogP contribution in [0.3, 0.4) is 0 Å². The van der Waals surface area contributed by atoms with Gasteiger partial charge in [-0.15, -0.1) is 0 Å². The van der Waals surface area contributed by atoms with E-state index in [0.717, 1.165) is 0 Å². The van der Waals surface area contributed by atoms with Crippen LogP contribution in [0.4, 0.5) is 4.79 Å². The molecule has 1 aromatic carbocycles. The second-order valence-electron chi connectivity index (χ2n) is 3.89. The van der Waals surface area contributed by atoms with Gasteiger partial charge in [0.1, 0.15) is 11.3 Å². The lowest BCUT2D eigenvalue weighted by molar-refractivity contribution is -0.122. The maximum absolute atomic E-state index is 11.5. The highest BCUT2D eigenvalue weighted by Crippen LogP contribution is 2.17. The lowest BCUT2D eigenvalue weighted by Gasteiger charge is -2.09. The summed E-state index contributed by atoms with van der Waals surface area (Å²) in [6.45, 7) is 0.115. The van der Waals surface area contributed by atoms with Crippen LogP contribution in [0.15, 0.2) is 24.3 Å². The fourth-order valence-electron chi connectivity index (χ4n) is 1.39. The maximum atomic E-state index is 11.5. The van der Waals surface area contributed by atoms with Crippen LogP contribution in [-0.2, 0) is 9.53 Å². The molecule has 0 spiro atoms. The summed E-state index contributed by atoms with van der Waals surface area (Å²) in [5, 5.41) is 13.4. The monoisotopic (exact) mass is 296 g/mol. The predicted molar refractivity (Wildman–Crippen MR) is 72.3 cm³/mol.